The maximum atomic E-state index is 4.33. The van der Waals surface area contributed by atoms with E-state index in [9.17, 15) is 0 Å². The third kappa shape index (κ3) is 2.31. The second kappa shape index (κ2) is 5.10. The molecule has 0 bridgehead atoms. The highest BCUT2D eigenvalue weighted by Gasteiger charge is 2.14. The number of rotatable bonds is 3. The normalized spacial score (nSPS) is 14.0. The summed E-state index contributed by atoms with van der Waals surface area (Å²) in [4.78, 5) is 12.9. The van der Waals surface area contributed by atoms with Crippen molar-refractivity contribution in [1.82, 2.24) is 20.3 Å². The van der Waals surface area contributed by atoms with Crippen LogP contribution in [-0.2, 0) is 19.5 Å². The topological polar surface area (TPSA) is 62.7 Å². The van der Waals surface area contributed by atoms with Crippen molar-refractivity contribution in [3.8, 4) is 0 Å². The molecule has 18 heavy (non-hydrogen) atoms. The van der Waals surface area contributed by atoms with Crippen molar-refractivity contribution < 1.29 is 0 Å². The van der Waals surface area contributed by atoms with Crippen LogP contribution in [0.5, 0.6) is 0 Å². The second-order valence-corrected chi connectivity index (χ2v) is 4.25. The maximum Gasteiger partial charge on any atom is 0.134 e. The molecule has 3 rings (SSSR count). The molecule has 5 heteroatoms. The van der Waals surface area contributed by atoms with Crippen LogP contribution in [0, 0.1) is 0 Å². The Bertz CT molecular complexity index is 526. The first-order valence-corrected chi connectivity index (χ1v) is 6.11. The Kier molecular flexibility index (Phi) is 3.14. The van der Waals surface area contributed by atoms with Gasteiger partial charge >= 0.3 is 0 Å². The van der Waals surface area contributed by atoms with Crippen LogP contribution >= 0.6 is 0 Å². The fourth-order valence-corrected chi connectivity index (χ4v) is 2.10. The van der Waals surface area contributed by atoms with Crippen molar-refractivity contribution in [2.75, 3.05) is 11.9 Å². The average molecular weight is 241 g/mol. The molecule has 0 fully saturated rings. The van der Waals surface area contributed by atoms with Crippen molar-refractivity contribution in [1.29, 1.82) is 0 Å². The number of nitrogens with one attached hydrogen (secondary N) is 2. The predicted octanol–water partition coefficient (Wildman–Crippen LogP) is 1.13. The van der Waals surface area contributed by atoms with Crippen LogP contribution in [0.25, 0.3) is 0 Å². The maximum absolute atomic E-state index is 4.33. The zero-order valence-corrected chi connectivity index (χ0v) is 10.1. The molecule has 0 saturated heterocycles. The fourth-order valence-electron chi connectivity index (χ4n) is 2.10. The van der Waals surface area contributed by atoms with Gasteiger partial charge in [0.05, 0.1) is 17.9 Å². The van der Waals surface area contributed by atoms with Gasteiger partial charge in [0.1, 0.15) is 12.1 Å². The van der Waals surface area contributed by atoms with E-state index in [0.29, 0.717) is 6.54 Å². The van der Waals surface area contributed by atoms with E-state index in [1.807, 2.05) is 18.2 Å². The standard InChI is InChI=1S/C13H15N5/c1-2-5-15-10(3-1)7-16-13-11-8-14-6-4-12(11)17-9-18-13/h1-3,5,9,14H,4,6-8H2,(H,16,17,18). The van der Waals surface area contributed by atoms with Crippen LogP contribution in [-0.4, -0.2) is 21.5 Å². The molecule has 2 aromatic rings. The van der Waals surface area contributed by atoms with Gasteiger partial charge in [-0.2, -0.15) is 0 Å². The molecule has 0 aromatic carbocycles. The van der Waals surface area contributed by atoms with E-state index >= 15 is 0 Å². The number of nitrogens with zero attached hydrogens (tertiary/aromatic N) is 3. The fraction of sp³-hybridized carbons (Fsp3) is 0.308. The van der Waals surface area contributed by atoms with E-state index in [2.05, 4.69) is 25.6 Å². The van der Waals surface area contributed by atoms with Gasteiger partial charge in [0.25, 0.3) is 0 Å². The van der Waals surface area contributed by atoms with E-state index in [1.54, 1.807) is 12.5 Å². The van der Waals surface area contributed by atoms with E-state index in [1.165, 1.54) is 5.56 Å². The van der Waals surface area contributed by atoms with Crippen LogP contribution in [0.1, 0.15) is 17.0 Å². The first-order valence-electron chi connectivity index (χ1n) is 6.11. The van der Waals surface area contributed by atoms with Crippen LogP contribution in [0.15, 0.2) is 30.7 Å². The first-order chi connectivity index (χ1) is 8.93. The molecular weight excluding hydrogens is 226 g/mol. The first kappa shape index (κ1) is 11.1. The second-order valence-electron chi connectivity index (χ2n) is 4.25. The van der Waals surface area contributed by atoms with Crippen molar-refractivity contribution in [2.24, 2.45) is 0 Å². The lowest BCUT2D eigenvalue weighted by Gasteiger charge is -2.18. The van der Waals surface area contributed by atoms with E-state index < -0.39 is 0 Å². The molecule has 0 aliphatic carbocycles. The lowest BCUT2D eigenvalue weighted by Crippen LogP contribution is -2.26. The molecular formula is C13H15N5. The third-order valence-electron chi connectivity index (χ3n) is 3.04. The molecule has 0 saturated carbocycles. The quantitative estimate of drug-likeness (QED) is 0.843. The van der Waals surface area contributed by atoms with Crippen molar-refractivity contribution in [3.05, 3.63) is 47.7 Å². The lowest BCUT2D eigenvalue weighted by molar-refractivity contribution is 0.627. The molecule has 1 aliphatic heterocycles. The number of aromatic nitrogens is 3. The summed E-state index contributed by atoms with van der Waals surface area (Å²) in [6, 6.07) is 5.90. The molecule has 2 aromatic heterocycles. The minimum Gasteiger partial charge on any atom is -0.364 e. The molecule has 0 amide bonds. The predicted molar refractivity (Wildman–Crippen MR) is 69.0 cm³/mol. The number of pyridine rings is 1. The van der Waals surface area contributed by atoms with Crippen LogP contribution in [0.3, 0.4) is 0 Å². The monoisotopic (exact) mass is 241 g/mol. The summed E-state index contributed by atoms with van der Waals surface area (Å²) in [7, 11) is 0. The molecule has 2 N–H and O–H groups in total. The largest absolute Gasteiger partial charge is 0.364 e. The summed E-state index contributed by atoms with van der Waals surface area (Å²) >= 11 is 0. The van der Waals surface area contributed by atoms with Gasteiger partial charge in [-0.1, -0.05) is 6.07 Å². The van der Waals surface area contributed by atoms with E-state index in [4.69, 9.17) is 0 Å². The lowest BCUT2D eigenvalue weighted by atomic mass is 10.1. The zero-order chi connectivity index (χ0) is 12.2. The minimum atomic E-state index is 0.685. The van der Waals surface area contributed by atoms with Gasteiger partial charge in [-0.3, -0.25) is 4.98 Å². The zero-order valence-electron chi connectivity index (χ0n) is 10.1. The van der Waals surface area contributed by atoms with Crippen LogP contribution in [0.2, 0.25) is 0 Å². The average Bonchev–Trinajstić information content (AvgIpc) is 2.46. The Morgan fingerprint density at radius 2 is 2.22 bits per heavy atom. The Balaban J connectivity index is 1.77. The molecule has 5 nitrogen and oxygen atoms in total. The van der Waals surface area contributed by atoms with Crippen LogP contribution < -0.4 is 10.6 Å². The third-order valence-corrected chi connectivity index (χ3v) is 3.04. The highest BCUT2D eigenvalue weighted by atomic mass is 15.0. The molecule has 0 spiro atoms. The Morgan fingerprint density at radius 1 is 1.22 bits per heavy atom. The van der Waals surface area contributed by atoms with E-state index in [-0.39, 0.29) is 0 Å². The Hall–Kier alpha value is -2.01. The van der Waals surface area contributed by atoms with Gasteiger partial charge in [0.2, 0.25) is 0 Å². The molecule has 1 aliphatic rings. The summed E-state index contributed by atoms with van der Waals surface area (Å²) in [6.07, 6.45) is 4.40. The highest BCUT2D eigenvalue weighted by molar-refractivity contribution is 5.47. The molecule has 3 heterocycles. The summed E-state index contributed by atoms with van der Waals surface area (Å²) in [5.74, 6) is 0.915. The summed E-state index contributed by atoms with van der Waals surface area (Å²) < 4.78 is 0. The van der Waals surface area contributed by atoms with Gasteiger partial charge in [-0.25, -0.2) is 9.97 Å². The van der Waals surface area contributed by atoms with Gasteiger partial charge < -0.3 is 10.6 Å². The smallest absolute Gasteiger partial charge is 0.134 e. The SMILES string of the molecule is c1ccc(CNc2ncnc3c2CNCC3)nc1. The molecule has 0 unspecified atom stereocenters. The molecule has 0 atom stereocenters. The molecule has 92 valence electrons. The number of fused-ring (bicyclic) bond motifs is 1. The summed E-state index contributed by atoms with van der Waals surface area (Å²) in [5.41, 5.74) is 3.33. The van der Waals surface area contributed by atoms with Crippen molar-refractivity contribution in [3.63, 3.8) is 0 Å². The Morgan fingerprint density at radius 3 is 3.11 bits per heavy atom. The number of hydrogen-bond acceptors (Lipinski definition) is 5. The van der Waals surface area contributed by atoms with Gasteiger partial charge in [0, 0.05) is 31.3 Å². The van der Waals surface area contributed by atoms with Gasteiger partial charge in [0.15, 0.2) is 0 Å². The molecule has 0 radical (unpaired) electrons. The van der Waals surface area contributed by atoms with Gasteiger partial charge in [-0.15, -0.1) is 0 Å². The number of anilines is 1. The van der Waals surface area contributed by atoms with Crippen molar-refractivity contribution in [2.45, 2.75) is 19.5 Å². The van der Waals surface area contributed by atoms with Crippen LogP contribution in [0.4, 0.5) is 5.82 Å². The van der Waals surface area contributed by atoms with E-state index in [0.717, 1.165) is 36.7 Å². The highest BCUT2D eigenvalue weighted by Crippen LogP contribution is 2.18. The minimum absolute atomic E-state index is 0.685. The van der Waals surface area contributed by atoms with Crippen molar-refractivity contribution >= 4 is 5.82 Å². The number of hydrogen-bond donors (Lipinski definition) is 2. The summed E-state index contributed by atoms with van der Waals surface area (Å²) in [6.45, 7) is 2.51. The Labute approximate surface area is 106 Å². The van der Waals surface area contributed by atoms with Gasteiger partial charge in [-0.05, 0) is 12.1 Å². The summed E-state index contributed by atoms with van der Waals surface area (Å²) in [5, 5.41) is 6.68.